The molecule has 3 heterocycles. The lowest BCUT2D eigenvalue weighted by molar-refractivity contribution is -0.124. The second kappa shape index (κ2) is 10.3. The molecule has 0 bridgehead atoms. The van der Waals surface area contributed by atoms with Crippen LogP contribution in [0.5, 0.6) is 0 Å². The first-order valence-corrected chi connectivity index (χ1v) is 13.7. The number of aryl methyl sites for hydroxylation is 2. The molecule has 1 aromatic heterocycles. The van der Waals surface area contributed by atoms with E-state index in [2.05, 4.69) is 33.2 Å². The molecular weight excluding hydrogens is 494 g/mol. The zero-order valence-corrected chi connectivity index (χ0v) is 22.0. The molecule has 1 saturated heterocycles. The van der Waals surface area contributed by atoms with Crippen molar-refractivity contribution in [1.29, 1.82) is 0 Å². The number of rotatable bonds is 5. The predicted octanol–water partition coefficient (Wildman–Crippen LogP) is 3.67. The molecule has 1 aliphatic carbocycles. The fourth-order valence-corrected chi connectivity index (χ4v) is 6.41. The molecule has 1 fully saturated rings. The van der Waals surface area contributed by atoms with Crippen molar-refractivity contribution in [1.82, 2.24) is 15.1 Å². The number of carbonyl (C=O) groups is 3. The quantitative estimate of drug-likeness (QED) is 0.438. The molecule has 9 nitrogen and oxygen atoms in total. The Bertz CT molecular complexity index is 1420. The van der Waals surface area contributed by atoms with E-state index in [1.54, 1.807) is 19.3 Å². The van der Waals surface area contributed by atoms with E-state index in [-0.39, 0.29) is 23.6 Å². The van der Waals surface area contributed by atoms with E-state index in [1.165, 1.54) is 10.2 Å². The number of benzene rings is 2. The van der Waals surface area contributed by atoms with E-state index in [9.17, 15) is 14.4 Å². The third-order valence-electron chi connectivity index (χ3n) is 8.52. The topological polar surface area (TPSA) is 114 Å². The van der Waals surface area contributed by atoms with Crippen molar-refractivity contribution in [3.8, 4) is 0 Å². The molecule has 0 saturated carbocycles. The third kappa shape index (κ3) is 4.61. The van der Waals surface area contributed by atoms with Gasteiger partial charge in [-0.25, -0.2) is 0 Å². The molecule has 3 amide bonds. The van der Waals surface area contributed by atoms with Gasteiger partial charge >= 0.3 is 0 Å². The first-order valence-electron chi connectivity index (χ1n) is 13.7. The summed E-state index contributed by atoms with van der Waals surface area (Å²) in [7, 11) is 1.70. The van der Waals surface area contributed by atoms with Gasteiger partial charge in [0.05, 0.1) is 5.41 Å². The fraction of sp³-hybridized carbons (Fsp3) is 0.400. The molecule has 202 valence electrons. The largest absolute Gasteiger partial charge is 0.381 e. The maximum atomic E-state index is 13.9. The Hall–Kier alpha value is -3.98. The van der Waals surface area contributed by atoms with E-state index >= 15 is 0 Å². The summed E-state index contributed by atoms with van der Waals surface area (Å²) in [5.74, 6) is -0.835. The minimum absolute atomic E-state index is 0.0133. The van der Waals surface area contributed by atoms with Crippen LogP contribution in [0.25, 0.3) is 0 Å². The summed E-state index contributed by atoms with van der Waals surface area (Å²) in [6.07, 6.45) is 6.58. The Kier molecular flexibility index (Phi) is 6.68. The molecule has 1 spiro atoms. The van der Waals surface area contributed by atoms with Crippen molar-refractivity contribution in [3.63, 3.8) is 0 Å². The number of aromatic nitrogens is 2. The molecule has 9 heteroatoms. The minimum atomic E-state index is -0.795. The van der Waals surface area contributed by atoms with Gasteiger partial charge in [0.25, 0.3) is 5.91 Å². The lowest BCUT2D eigenvalue weighted by Crippen LogP contribution is -2.48. The maximum Gasteiger partial charge on any atom is 0.270 e. The standard InChI is InChI=1S/C30H33N5O4/c1-35-25(12-15-31-35)27(36)34-26(22-9-5-3-7-19-6-2-4-8-21(19)22)28(37)32-20-10-11-23-24(18-20)33-29(38)30(23)13-16-39-17-14-30/h2,4,6,8,10-12,15,18,22,26H,3,5,7,9,13-14,16-17H2,1H3,(H,32,37)(H,33,38)(H,34,36). The van der Waals surface area contributed by atoms with Crippen LogP contribution in [0.1, 0.15) is 65.2 Å². The van der Waals surface area contributed by atoms with Crippen LogP contribution in [-0.4, -0.2) is 46.8 Å². The lowest BCUT2D eigenvalue weighted by atomic mass is 9.75. The highest BCUT2D eigenvalue weighted by Crippen LogP contribution is 2.45. The number of fused-ring (bicyclic) bond motifs is 3. The lowest BCUT2D eigenvalue weighted by Gasteiger charge is -2.31. The highest BCUT2D eigenvalue weighted by molar-refractivity contribution is 6.07. The van der Waals surface area contributed by atoms with E-state index in [0.717, 1.165) is 42.5 Å². The number of amides is 3. The normalized spacial score (nSPS) is 20.3. The Morgan fingerprint density at radius 1 is 1.13 bits per heavy atom. The van der Waals surface area contributed by atoms with Gasteiger partial charge in [0.1, 0.15) is 11.7 Å². The highest BCUT2D eigenvalue weighted by Gasteiger charge is 2.47. The molecule has 2 aromatic carbocycles. The van der Waals surface area contributed by atoms with Crippen molar-refractivity contribution in [2.45, 2.75) is 55.9 Å². The average Bonchev–Trinajstić information content (AvgIpc) is 3.40. The van der Waals surface area contributed by atoms with E-state index in [0.29, 0.717) is 37.4 Å². The van der Waals surface area contributed by atoms with Crippen molar-refractivity contribution < 1.29 is 19.1 Å². The number of hydrogen-bond donors (Lipinski definition) is 3. The highest BCUT2D eigenvalue weighted by atomic mass is 16.5. The fourth-order valence-electron chi connectivity index (χ4n) is 6.41. The van der Waals surface area contributed by atoms with Crippen molar-refractivity contribution in [3.05, 3.63) is 77.1 Å². The van der Waals surface area contributed by atoms with E-state index < -0.39 is 11.5 Å². The number of nitrogens with one attached hydrogen (secondary N) is 3. The predicted molar refractivity (Wildman–Crippen MR) is 147 cm³/mol. The van der Waals surface area contributed by atoms with Crippen molar-refractivity contribution >= 4 is 29.1 Å². The first kappa shape index (κ1) is 25.3. The van der Waals surface area contributed by atoms with Gasteiger partial charge in [0.15, 0.2) is 0 Å². The molecule has 3 aliphatic rings. The molecule has 2 unspecified atom stereocenters. The number of carbonyl (C=O) groups excluding carboxylic acids is 3. The van der Waals surface area contributed by atoms with Crippen LogP contribution in [-0.2, 0) is 33.2 Å². The SMILES string of the molecule is Cn1nccc1C(=O)NC(C(=O)Nc1ccc2c(c1)NC(=O)C21CCOCC1)C1CCCCc2ccccc21. The molecular formula is C30H33N5O4. The van der Waals surface area contributed by atoms with Gasteiger partial charge in [-0.2, -0.15) is 5.10 Å². The number of anilines is 2. The average molecular weight is 528 g/mol. The second-order valence-corrected chi connectivity index (χ2v) is 10.7. The maximum absolute atomic E-state index is 13.9. The van der Waals surface area contributed by atoms with Crippen LogP contribution < -0.4 is 16.0 Å². The van der Waals surface area contributed by atoms with Gasteiger partial charge in [0, 0.05) is 43.8 Å². The van der Waals surface area contributed by atoms with E-state index in [4.69, 9.17) is 4.74 Å². The molecule has 3 aromatic rings. The summed E-state index contributed by atoms with van der Waals surface area (Å²) in [6.45, 7) is 1.10. The van der Waals surface area contributed by atoms with Gasteiger partial charge < -0.3 is 20.7 Å². The van der Waals surface area contributed by atoms with Crippen LogP contribution >= 0.6 is 0 Å². The van der Waals surface area contributed by atoms with Crippen molar-refractivity contribution in [2.75, 3.05) is 23.8 Å². The minimum Gasteiger partial charge on any atom is -0.381 e. The first-order chi connectivity index (χ1) is 19.0. The van der Waals surface area contributed by atoms with Gasteiger partial charge in [-0.05, 0) is 67.0 Å². The summed E-state index contributed by atoms with van der Waals surface area (Å²) >= 11 is 0. The van der Waals surface area contributed by atoms with E-state index in [1.807, 2.05) is 30.3 Å². The van der Waals surface area contributed by atoms with Crippen LogP contribution in [0.3, 0.4) is 0 Å². The molecule has 39 heavy (non-hydrogen) atoms. The summed E-state index contributed by atoms with van der Waals surface area (Å²) in [6, 6.07) is 14.6. The Morgan fingerprint density at radius 3 is 2.74 bits per heavy atom. The number of ether oxygens (including phenoxy) is 1. The van der Waals surface area contributed by atoms with Crippen LogP contribution in [0, 0.1) is 0 Å². The van der Waals surface area contributed by atoms with Gasteiger partial charge in [-0.3, -0.25) is 19.1 Å². The van der Waals surface area contributed by atoms with Crippen LogP contribution in [0.15, 0.2) is 54.7 Å². The molecule has 6 rings (SSSR count). The number of nitrogens with zero attached hydrogens (tertiary/aromatic N) is 2. The Morgan fingerprint density at radius 2 is 1.95 bits per heavy atom. The zero-order valence-electron chi connectivity index (χ0n) is 22.0. The monoisotopic (exact) mass is 527 g/mol. The Labute approximate surface area is 227 Å². The Balaban J connectivity index is 1.30. The smallest absolute Gasteiger partial charge is 0.270 e. The van der Waals surface area contributed by atoms with Gasteiger partial charge in [0.2, 0.25) is 11.8 Å². The van der Waals surface area contributed by atoms with Gasteiger partial charge in [-0.1, -0.05) is 36.8 Å². The summed E-state index contributed by atoms with van der Waals surface area (Å²) in [5.41, 5.74) is 4.38. The van der Waals surface area contributed by atoms with Crippen LogP contribution in [0.4, 0.5) is 11.4 Å². The summed E-state index contributed by atoms with van der Waals surface area (Å²) < 4.78 is 7.00. The molecule has 0 radical (unpaired) electrons. The summed E-state index contributed by atoms with van der Waals surface area (Å²) in [5, 5.41) is 13.2. The van der Waals surface area contributed by atoms with Gasteiger partial charge in [-0.15, -0.1) is 0 Å². The third-order valence-corrected chi connectivity index (χ3v) is 8.52. The molecule has 2 aliphatic heterocycles. The zero-order chi connectivity index (χ0) is 27.0. The van der Waals surface area contributed by atoms with Crippen LogP contribution in [0.2, 0.25) is 0 Å². The molecule has 3 N–H and O–H groups in total. The number of hydrogen-bond acceptors (Lipinski definition) is 5. The van der Waals surface area contributed by atoms with Crippen molar-refractivity contribution in [2.24, 2.45) is 7.05 Å². The molecule has 2 atom stereocenters. The summed E-state index contributed by atoms with van der Waals surface area (Å²) in [4.78, 5) is 40.2. The second-order valence-electron chi connectivity index (χ2n) is 10.7.